The summed E-state index contributed by atoms with van der Waals surface area (Å²) in [6.45, 7) is 4.09. The second kappa shape index (κ2) is 4.65. The Balaban J connectivity index is 1.94. The van der Waals surface area contributed by atoms with Gasteiger partial charge >= 0.3 is 0 Å². The number of benzene rings is 1. The molecule has 1 aliphatic rings. The number of anilines is 1. The van der Waals surface area contributed by atoms with Gasteiger partial charge in [0.25, 0.3) is 0 Å². The molecule has 0 atom stereocenters. The van der Waals surface area contributed by atoms with E-state index in [2.05, 4.69) is 29.1 Å². The fourth-order valence-electron chi connectivity index (χ4n) is 2.73. The van der Waals surface area contributed by atoms with Crippen molar-refractivity contribution in [2.45, 2.75) is 45.3 Å². The van der Waals surface area contributed by atoms with E-state index in [0.717, 1.165) is 24.8 Å². The SMILES string of the molecule is CCn1cc(CNC2CCC2)c2c(N)cccc21. The van der Waals surface area contributed by atoms with Crippen LogP contribution in [0.5, 0.6) is 0 Å². The highest BCUT2D eigenvalue weighted by Gasteiger charge is 2.17. The maximum atomic E-state index is 6.14. The van der Waals surface area contributed by atoms with Gasteiger partial charge in [0, 0.05) is 36.4 Å². The van der Waals surface area contributed by atoms with Gasteiger partial charge in [0.2, 0.25) is 0 Å². The molecule has 0 unspecified atom stereocenters. The molecule has 1 aromatic carbocycles. The van der Waals surface area contributed by atoms with E-state index in [0.29, 0.717) is 0 Å². The number of aryl methyl sites for hydroxylation is 1. The van der Waals surface area contributed by atoms with Crippen LogP contribution in [-0.4, -0.2) is 10.6 Å². The monoisotopic (exact) mass is 243 g/mol. The fraction of sp³-hybridized carbons (Fsp3) is 0.467. The first-order valence-electron chi connectivity index (χ1n) is 6.89. The first-order chi connectivity index (χ1) is 8.79. The van der Waals surface area contributed by atoms with Gasteiger partial charge in [-0.15, -0.1) is 0 Å². The van der Waals surface area contributed by atoms with Gasteiger partial charge < -0.3 is 15.6 Å². The van der Waals surface area contributed by atoms with Crippen molar-refractivity contribution in [3.63, 3.8) is 0 Å². The molecule has 0 saturated heterocycles. The van der Waals surface area contributed by atoms with E-state index >= 15 is 0 Å². The van der Waals surface area contributed by atoms with Crippen LogP contribution in [0, 0.1) is 0 Å². The molecular weight excluding hydrogens is 222 g/mol. The van der Waals surface area contributed by atoms with Crippen LogP contribution in [0.15, 0.2) is 24.4 Å². The van der Waals surface area contributed by atoms with Crippen molar-refractivity contribution in [1.29, 1.82) is 0 Å². The van der Waals surface area contributed by atoms with E-state index in [9.17, 15) is 0 Å². The van der Waals surface area contributed by atoms with Crippen molar-refractivity contribution in [1.82, 2.24) is 9.88 Å². The standard InChI is InChI=1S/C15H21N3/c1-2-18-10-11(9-17-12-5-3-6-12)15-13(16)7-4-8-14(15)18/h4,7-8,10,12,17H,2-3,5-6,9,16H2,1H3. The molecule has 3 nitrogen and oxygen atoms in total. The highest BCUT2D eigenvalue weighted by Crippen LogP contribution is 2.28. The average Bonchev–Trinajstić information content (AvgIpc) is 2.67. The summed E-state index contributed by atoms with van der Waals surface area (Å²) in [5.41, 5.74) is 9.61. The summed E-state index contributed by atoms with van der Waals surface area (Å²) in [5.74, 6) is 0. The van der Waals surface area contributed by atoms with Gasteiger partial charge in [-0.2, -0.15) is 0 Å². The Hall–Kier alpha value is -1.48. The van der Waals surface area contributed by atoms with Crippen molar-refractivity contribution in [2.24, 2.45) is 0 Å². The maximum absolute atomic E-state index is 6.14. The third-order valence-electron chi connectivity index (χ3n) is 4.04. The number of nitrogens with two attached hydrogens (primary N) is 1. The molecule has 1 aliphatic carbocycles. The molecule has 2 aromatic rings. The molecule has 1 fully saturated rings. The molecular formula is C15H21N3. The van der Waals surface area contributed by atoms with Gasteiger partial charge in [0.15, 0.2) is 0 Å². The lowest BCUT2D eigenvalue weighted by Gasteiger charge is -2.26. The van der Waals surface area contributed by atoms with Crippen LogP contribution >= 0.6 is 0 Å². The van der Waals surface area contributed by atoms with Gasteiger partial charge in [0.05, 0.1) is 5.52 Å². The largest absolute Gasteiger partial charge is 0.398 e. The Kier molecular flexibility index (Phi) is 3.00. The van der Waals surface area contributed by atoms with Gasteiger partial charge in [-0.3, -0.25) is 0 Å². The number of nitrogens with one attached hydrogen (secondary N) is 1. The number of fused-ring (bicyclic) bond motifs is 1. The quantitative estimate of drug-likeness (QED) is 0.811. The maximum Gasteiger partial charge on any atom is 0.0504 e. The highest BCUT2D eigenvalue weighted by molar-refractivity contribution is 5.94. The molecule has 18 heavy (non-hydrogen) atoms. The molecule has 96 valence electrons. The minimum Gasteiger partial charge on any atom is -0.398 e. The van der Waals surface area contributed by atoms with Crippen molar-refractivity contribution < 1.29 is 0 Å². The van der Waals surface area contributed by atoms with E-state index in [1.165, 1.54) is 35.7 Å². The first kappa shape index (κ1) is 11.6. The molecule has 1 aromatic heterocycles. The Labute approximate surface area is 108 Å². The van der Waals surface area contributed by atoms with E-state index in [1.54, 1.807) is 0 Å². The van der Waals surface area contributed by atoms with E-state index in [-0.39, 0.29) is 0 Å². The minimum atomic E-state index is 0.718. The van der Waals surface area contributed by atoms with Crippen LogP contribution in [0.1, 0.15) is 31.7 Å². The zero-order valence-corrected chi connectivity index (χ0v) is 10.9. The van der Waals surface area contributed by atoms with Crippen molar-refractivity contribution in [3.05, 3.63) is 30.0 Å². The van der Waals surface area contributed by atoms with Crippen LogP contribution in [0.3, 0.4) is 0 Å². The van der Waals surface area contributed by atoms with Crippen molar-refractivity contribution in [2.75, 3.05) is 5.73 Å². The van der Waals surface area contributed by atoms with Gasteiger partial charge in [-0.1, -0.05) is 12.5 Å². The number of nitrogens with zero attached hydrogens (tertiary/aromatic N) is 1. The highest BCUT2D eigenvalue weighted by atomic mass is 15.0. The number of rotatable bonds is 4. The summed E-state index contributed by atoms with van der Waals surface area (Å²) in [4.78, 5) is 0. The van der Waals surface area contributed by atoms with E-state index < -0.39 is 0 Å². The molecule has 0 aliphatic heterocycles. The summed E-state index contributed by atoms with van der Waals surface area (Å²) in [6, 6.07) is 6.90. The smallest absolute Gasteiger partial charge is 0.0504 e. The summed E-state index contributed by atoms with van der Waals surface area (Å²) in [5, 5.41) is 4.85. The fourth-order valence-corrected chi connectivity index (χ4v) is 2.73. The molecule has 3 rings (SSSR count). The molecule has 0 spiro atoms. The van der Waals surface area contributed by atoms with Crippen LogP contribution in [0.25, 0.3) is 10.9 Å². The van der Waals surface area contributed by atoms with Crippen LogP contribution in [-0.2, 0) is 13.1 Å². The molecule has 0 amide bonds. The Morgan fingerprint density at radius 2 is 2.22 bits per heavy atom. The summed E-state index contributed by atoms with van der Waals surface area (Å²) < 4.78 is 2.28. The number of nitrogen functional groups attached to an aromatic ring is 1. The van der Waals surface area contributed by atoms with Crippen LogP contribution in [0.4, 0.5) is 5.69 Å². The van der Waals surface area contributed by atoms with Gasteiger partial charge in [0.1, 0.15) is 0 Å². The first-order valence-corrected chi connectivity index (χ1v) is 6.89. The number of aromatic nitrogens is 1. The van der Waals surface area contributed by atoms with Crippen molar-refractivity contribution >= 4 is 16.6 Å². The second-order valence-electron chi connectivity index (χ2n) is 5.19. The van der Waals surface area contributed by atoms with E-state index in [1.807, 2.05) is 12.1 Å². The van der Waals surface area contributed by atoms with Crippen LogP contribution in [0.2, 0.25) is 0 Å². The second-order valence-corrected chi connectivity index (χ2v) is 5.19. The predicted molar refractivity (Wildman–Crippen MR) is 76.5 cm³/mol. The van der Waals surface area contributed by atoms with Gasteiger partial charge in [-0.25, -0.2) is 0 Å². The van der Waals surface area contributed by atoms with Crippen LogP contribution < -0.4 is 11.1 Å². The molecule has 0 radical (unpaired) electrons. The third kappa shape index (κ3) is 1.89. The molecule has 1 heterocycles. The summed E-state index contributed by atoms with van der Waals surface area (Å²) in [7, 11) is 0. The molecule has 0 bridgehead atoms. The Bertz CT molecular complexity index is 552. The van der Waals surface area contributed by atoms with Gasteiger partial charge in [-0.05, 0) is 37.5 Å². The summed E-state index contributed by atoms with van der Waals surface area (Å²) in [6.07, 6.45) is 6.26. The molecule has 3 heteroatoms. The van der Waals surface area contributed by atoms with Crippen molar-refractivity contribution in [3.8, 4) is 0 Å². The Morgan fingerprint density at radius 1 is 1.39 bits per heavy atom. The zero-order valence-electron chi connectivity index (χ0n) is 10.9. The molecule has 3 N–H and O–H groups in total. The lowest BCUT2D eigenvalue weighted by molar-refractivity contribution is 0.338. The minimum absolute atomic E-state index is 0.718. The third-order valence-corrected chi connectivity index (χ3v) is 4.04. The topological polar surface area (TPSA) is 43.0 Å². The lowest BCUT2D eigenvalue weighted by atomic mass is 9.93. The normalized spacial score (nSPS) is 16.1. The average molecular weight is 243 g/mol. The number of hydrogen-bond acceptors (Lipinski definition) is 2. The zero-order chi connectivity index (χ0) is 12.5. The Morgan fingerprint density at radius 3 is 2.89 bits per heavy atom. The lowest BCUT2D eigenvalue weighted by Crippen LogP contribution is -2.34. The predicted octanol–water partition coefficient (Wildman–Crippen LogP) is 2.89. The number of hydrogen-bond donors (Lipinski definition) is 2. The van der Waals surface area contributed by atoms with E-state index in [4.69, 9.17) is 5.73 Å². The summed E-state index contributed by atoms with van der Waals surface area (Å²) >= 11 is 0. The molecule has 1 saturated carbocycles.